The van der Waals surface area contributed by atoms with Crippen LogP contribution in [0.4, 0.5) is 0 Å². The van der Waals surface area contributed by atoms with Crippen molar-refractivity contribution in [1.82, 2.24) is 9.97 Å². The van der Waals surface area contributed by atoms with Gasteiger partial charge in [-0.25, -0.2) is 4.98 Å². The number of nitrogens with one attached hydrogen (secondary N) is 1. The molecule has 2 rings (SSSR count). The van der Waals surface area contributed by atoms with Gasteiger partial charge < -0.3 is 9.72 Å². The van der Waals surface area contributed by atoms with Gasteiger partial charge in [-0.2, -0.15) is 0 Å². The molecule has 1 heterocycles. The number of hydrogen-bond donors (Lipinski definition) is 1. The summed E-state index contributed by atoms with van der Waals surface area (Å²) in [5, 5.41) is 1.14. The number of rotatable bonds is 3. The van der Waals surface area contributed by atoms with Gasteiger partial charge in [0.2, 0.25) is 0 Å². The Kier molecular flexibility index (Phi) is 4.35. The highest BCUT2D eigenvalue weighted by Crippen LogP contribution is 2.26. The third kappa shape index (κ3) is 3.29. The van der Waals surface area contributed by atoms with Gasteiger partial charge in [0, 0.05) is 28.4 Å². The van der Waals surface area contributed by atoms with Crippen molar-refractivity contribution in [2.75, 3.05) is 7.11 Å². The third-order valence-corrected chi connectivity index (χ3v) is 2.89. The molecule has 3 nitrogen and oxygen atoms in total. The molecule has 0 aliphatic rings. The predicted molar refractivity (Wildman–Crippen MR) is 75.6 cm³/mol. The molecule has 1 N–H and O–H groups in total. The second-order valence-electron chi connectivity index (χ2n) is 3.67. The Morgan fingerprint density at radius 2 is 1.89 bits per heavy atom. The molecule has 18 heavy (non-hydrogen) atoms. The van der Waals surface area contributed by atoms with Crippen LogP contribution < -0.4 is 0 Å². The number of ether oxygens (including phenoxy) is 1. The molecule has 0 aliphatic heterocycles. The quantitative estimate of drug-likeness (QED) is 0.861. The van der Waals surface area contributed by atoms with Crippen LogP contribution >= 0.6 is 35.4 Å². The normalized spacial score (nSPS) is 10.6. The minimum Gasteiger partial charge on any atom is -0.377 e. The van der Waals surface area contributed by atoms with E-state index in [1.807, 2.05) is 12.1 Å². The Balaban J connectivity index is 2.52. The van der Waals surface area contributed by atoms with Crippen molar-refractivity contribution in [3.8, 4) is 11.3 Å². The smallest absolute Gasteiger partial charge is 0.134 e. The lowest BCUT2D eigenvalue weighted by Gasteiger charge is -2.06. The fourth-order valence-electron chi connectivity index (χ4n) is 1.58. The summed E-state index contributed by atoms with van der Waals surface area (Å²) in [7, 11) is 1.60. The minimum atomic E-state index is 0.367. The summed E-state index contributed by atoms with van der Waals surface area (Å²) < 4.78 is 5.52. The molecule has 2 aromatic rings. The summed E-state index contributed by atoms with van der Waals surface area (Å²) in [4.78, 5) is 7.30. The van der Waals surface area contributed by atoms with E-state index in [0.29, 0.717) is 27.1 Å². The zero-order chi connectivity index (χ0) is 13.1. The van der Waals surface area contributed by atoms with Crippen LogP contribution in [0.15, 0.2) is 24.3 Å². The summed E-state index contributed by atoms with van der Waals surface area (Å²) in [6.45, 7) is 0.367. The molecule has 1 aromatic heterocycles. The zero-order valence-electron chi connectivity index (χ0n) is 9.54. The van der Waals surface area contributed by atoms with E-state index in [-0.39, 0.29) is 0 Å². The van der Waals surface area contributed by atoms with Crippen molar-refractivity contribution in [3.63, 3.8) is 0 Å². The van der Waals surface area contributed by atoms with Crippen LogP contribution in [0.1, 0.15) is 5.82 Å². The highest BCUT2D eigenvalue weighted by Gasteiger charge is 2.04. The van der Waals surface area contributed by atoms with Crippen molar-refractivity contribution in [2.24, 2.45) is 0 Å². The summed E-state index contributed by atoms with van der Waals surface area (Å²) in [5.74, 6) is 0.663. The largest absolute Gasteiger partial charge is 0.377 e. The molecular formula is C12H10Cl2N2OS. The molecule has 0 radical (unpaired) electrons. The number of aromatic amines is 1. The van der Waals surface area contributed by atoms with Crippen molar-refractivity contribution >= 4 is 35.4 Å². The van der Waals surface area contributed by atoms with Gasteiger partial charge in [-0.05, 0) is 24.3 Å². The van der Waals surface area contributed by atoms with E-state index in [0.717, 1.165) is 11.3 Å². The fourth-order valence-corrected chi connectivity index (χ4v) is 2.33. The SMILES string of the molecule is COCc1nc(=S)cc(-c2cc(Cl)cc(Cl)c2)[nH]1. The number of hydrogen-bond acceptors (Lipinski definition) is 3. The van der Waals surface area contributed by atoms with Gasteiger partial charge in [-0.3, -0.25) is 0 Å². The van der Waals surface area contributed by atoms with Gasteiger partial charge >= 0.3 is 0 Å². The molecule has 0 unspecified atom stereocenters. The average Bonchev–Trinajstić information content (AvgIpc) is 2.27. The van der Waals surface area contributed by atoms with Crippen LogP contribution in [0, 0.1) is 4.64 Å². The number of H-pyrrole nitrogens is 1. The number of methoxy groups -OCH3 is 1. The third-order valence-electron chi connectivity index (χ3n) is 2.25. The Labute approximate surface area is 120 Å². The van der Waals surface area contributed by atoms with Crippen LogP contribution in [0.5, 0.6) is 0 Å². The number of aromatic nitrogens is 2. The average molecular weight is 301 g/mol. The van der Waals surface area contributed by atoms with E-state index in [1.165, 1.54) is 0 Å². The number of nitrogens with zero attached hydrogens (tertiary/aromatic N) is 1. The summed E-state index contributed by atoms with van der Waals surface area (Å²) >= 11 is 17.1. The number of halogens is 2. The first-order chi connectivity index (χ1) is 8.58. The molecule has 0 saturated heterocycles. The van der Waals surface area contributed by atoms with E-state index in [9.17, 15) is 0 Å². The van der Waals surface area contributed by atoms with Crippen LogP contribution in [0.2, 0.25) is 10.0 Å². The Bertz CT molecular complexity index is 607. The van der Waals surface area contributed by atoms with Gasteiger partial charge in [0.05, 0.1) is 0 Å². The Morgan fingerprint density at radius 3 is 2.50 bits per heavy atom. The summed E-state index contributed by atoms with van der Waals surface area (Å²) in [6, 6.07) is 7.06. The van der Waals surface area contributed by atoms with Crippen molar-refractivity contribution < 1.29 is 4.74 Å². The van der Waals surface area contributed by atoms with Gasteiger partial charge in [0.25, 0.3) is 0 Å². The Hall–Kier alpha value is -0.940. The molecular weight excluding hydrogens is 291 g/mol. The fraction of sp³-hybridized carbons (Fsp3) is 0.167. The molecule has 0 saturated carbocycles. The molecule has 0 amide bonds. The van der Waals surface area contributed by atoms with Crippen LogP contribution in [0.3, 0.4) is 0 Å². The van der Waals surface area contributed by atoms with Gasteiger partial charge in [-0.1, -0.05) is 35.4 Å². The lowest BCUT2D eigenvalue weighted by Crippen LogP contribution is -1.98. The lowest BCUT2D eigenvalue weighted by molar-refractivity contribution is 0.177. The van der Waals surface area contributed by atoms with E-state index in [2.05, 4.69) is 9.97 Å². The topological polar surface area (TPSA) is 37.9 Å². The maximum absolute atomic E-state index is 5.98. The van der Waals surface area contributed by atoms with Gasteiger partial charge in [-0.15, -0.1) is 0 Å². The first-order valence-electron chi connectivity index (χ1n) is 5.14. The van der Waals surface area contributed by atoms with Crippen molar-refractivity contribution in [3.05, 3.63) is 44.8 Å². The molecule has 0 aliphatic carbocycles. The summed E-state index contributed by atoms with van der Waals surface area (Å²) in [5.41, 5.74) is 1.67. The van der Waals surface area contributed by atoms with E-state index in [1.54, 1.807) is 19.2 Å². The standard InChI is InChI=1S/C12H10Cl2N2OS/c1-17-6-11-15-10(5-12(18)16-11)7-2-8(13)4-9(14)3-7/h2-5H,6H2,1H3,(H,15,16,18). The van der Waals surface area contributed by atoms with Gasteiger partial charge in [0.15, 0.2) is 0 Å². The second-order valence-corrected chi connectivity index (χ2v) is 4.96. The van der Waals surface area contributed by atoms with Crippen LogP contribution in [-0.2, 0) is 11.3 Å². The predicted octanol–water partition coefficient (Wildman–Crippen LogP) is 4.26. The van der Waals surface area contributed by atoms with Crippen molar-refractivity contribution in [1.29, 1.82) is 0 Å². The number of benzene rings is 1. The maximum Gasteiger partial charge on any atom is 0.134 e. The minimum absolute atomic E-state index is 0.367. The lowest BCUT2D eigenvalue weighted by atomic mass is 10.1. The molecule has 94 valence electrons. The summed E-state index contributed by atoms with van der Waals surface area (Å²) in [6.07, 6.45) is 0. The van der Waals surface area contributed by atoms with Crippen LogP contribution in [0.25, 0.3) is 11.3 Å². The molecule has 0 fully saturated rings. The van der Waals surface area contributed by atoms with E-state index in [4.69, 9.17) is 40.2 Å². The highest BCUT2D eigenvalue weighted by molar-refractivity contribution is 7.71. The molecule has 0 atom stereocenters. The highest BCUT2D eigenvalue weighted by atomic mass is 35.5. The first kappa shape index (κ1) is 13.5. The second kappa shape index (κ2) is 5.80. The molecule has 6 heteroatoms. The van der Waals surface area contributed by atoms with Crippen molar-refractivity contribution in [2.45, 2.75) is 6.61 Å². The van der Waals surface area contributed by atoms with Gasteiger partial charge in [0.1, 0.15) is 17.1 Å². The first-order valence-corrected chi connectivity index (χ1v) is 6.30. The van der Waals surface area contributed by atoms with Crippen LogP contribution in [-0.4, -0.2) is 17.1 Å². The molecule has 0 spiro atoms. The molecule has 1 aromatic carbocycles. The zero-order valence-corrected chi connectivity index (χ0v) is 11.9. The monoisotopic (exact) mass is 300 g/mol. The Morgan fingerprint density at radius 1 is 1.22 bits per heavy atom. The van der Waals surface area contributed by atoms with E-state index < -0.39 is 0 Å². The maximum atomic E-state index is 5.98. The molecule has 0 bridgehead atoms. The van der Waals surface area contributed by atoms with E-state index >= 15 is 0 Å².